The Labute approximate surface area is 129 Å². The number of carbonyl (C=O) groups excluding carboxylic acids is 2. The second-order valence-corrected chi connectivity index (χ2v) is 4.79. The van der Waals surface area contributed by atoms with Crippen molar-refractivity contribution in [2.24, 2.45) is 0 Å². The van der Waals surface area contributed by atoms with Crippen LogP contribution in [-0.2, 0) is 9.53 Å². The molecule has 0 saturated carbocycles. The van der Waals surface area contributed by atoms with Gasteiger partial charge < -0.3 is 9.47 Å². The van der Waals surface area contributed by atoms with E-state index in [0.29, 0.717) is 17.7 Å². The average molecular weight is 298 g/mol. The van der Waals surface area contributed by atoms with E-state index >= 15 is 0 Å². The van der Waals surface area contributed by atoms with Gasteiger partial charge in [-0.15, -0.1) is 0 Å². The summed E-state index contributed by atoms with van der Waals surface area (Å²) in [5, 5.41) is 0. The Hall–Kier alpha value is -2.62. The van der Waals surface area contributed by atoms with E-state index in [1.807, 2.05) is 19.1 Å². The molecule has 1 atom stereocenters. The van der Waals surface area contributed by atoms with Crippen molar-refractivity contribution in [2.75, 3.05) is 0 Å². The summed E-state index contributed by atoms with van der Waals surface area (Å²) in [4.78, 5) is 23.9. The van der Waals surface area contributed by atoms with Crippen molar-refractivity contribution in [3.63, 3.8) is 0 Å². The summed E-state index contributed by atoms with van der Waals surface area (Å²) in [6.07, 6.45) is 0.0795. The smallest absolute Gasteiger partial charge is 0.338 e. The predicted molar refractivity (Wildman–Crippen MR) is 82.6 cm³/mol. The molecular formula is C18H18O4. The van der Waals surface area contributed by atoms with Gasteiger partial charge in [0, 0.05) is 0 Å². The van der Waals surface area contributed by atoms with E-state index in [-0.39, 0.29) is 6.42 Å². The molecule has 22 heavy (non-hydrogen) atoms. The summed E-state index contributed by atoms with van der Waals surface area (Å²) in [6.45, 7) is 1.86. The van der Waals surface area contributed by atoms with Gasteiger partial charge in [0.15, 0.2) is 0 Å². The number of hydrogen-bond donors (Lipinski definition) is 0. The summed E-state index contributed by atoms with van der Waals surface area (Å²) in [5.41, 5.74) is 0.470. The number of ether oxygens (including phenoxy) is 2. The maximum absolute atomic E-state index is 12.0. The molecule has 2 aromatic carbocycles. The second kappa shape index (κ2) is 7.98. The molecule has 0 aliphatic heterocycles. The predicted octanol–water partition coefficient (Wildman–Crippen LogP) is 3.62. The summed E-state index contributed by atoms with van der Waals surface area (Å²) >= 11 is 0. The second-order valence-electron chi connectivity index (χ2n) is 4.79. The largest absolute Gasteiger partial charge is 0.458 e. The molecule has 1 unspecified atom stereocenters. The molecule has 0 radical (unpaired) electrons. The van der Waals surface area contributed by atoms with Gasteiger partial charge in [0.2, 0.25) is 0 Å². The zero-order chi connectivity index (χ0) is 15.8. The van der Waals surface area contributed by atoms with Crippen LogP contribution in [-0.4, -0.2) is 18.0 Å². The van der Waals surface area contributed by atoms with E-state index < -0.39 is 18.0 Å². The van der Waals surface area contributed by atoms with Crippen LogP contribution in [0, 0.1) is 0 Å². The van der Waals surface area contributed by atoms with Crippen LogP contribution in [0.2, 0.25) is 0 Å². The highest BCUT2D eigenvalue weighted by atomic mass is 16.6. The molecule has 2 aromatic rings. The fourth-order valence-electron chi connectivity index (χ4n) is 1.91. The molecular weight excluding hydrogens is 280 g/mol. The van der Waals surface area contributed by atoms with Crippen LogP contribution >= 0.6 is 0 Å². The lowest BCUT2D eigenvalue weighted by atomic mass is 10.2. The molecule has 0 spiro atoms. The zero-order valence-electron chi connectivity index (χ0n) is 12.4. The fourth-order valence-corrected chi connectivity index (χ4v) is 1.91. The summed E-state index contributed by atoms with van der Waals surface area (Å²) in [5.74, 6) is -0.365. The molecule has 2 rings (SSSR count). The number of para-hydroxylation sites is 1. The van der Waals surface area contributed by atoms with Gasteiger partial charge >= 0.3 is 11.9 Å². The summed E-state index contributed by atoms with van der Waals surface area (Å²) in [6, 6.07) is 17.5. The third-order valence-corrected chi connectivity index (χ3v) is 3.11. The SMILES string of the molecule is CCC(CC(=O)Oc1ccccc1)OC(=O)c1ccccc1. The van der Waals surface area contributed by atoms with Crippen LogP contribution in [0.15, 0.2) is 60.7 Å². The third kappa shape index (κ3) is 4.74. The Balaban J connectivity index is 1.89. The van der Waals surface area contributed by atoms with E-state index in [1.165, 1.54) is 0 Å². The highest BCUT2D eigenvalue weighted by Crippen LogP contribution is 2.13. The van der Waals surface area contributed by atoms with E-state index in [0.717, 1.165) is 0 Å². The number of hydrogen-bond acceptors (Lipinski definition) is 4. The van der Waals surface area contributed by atoms with Crippen molar-refractivity contribution in [1.82, 2.24) is 0 Å². The molecule has 114 valence electrons. The van der Waals surface area contributed by atoms with Gasteiger partial charge in [-0.1, -0.05) is 43.3 Å². The van der Waals surface area contributed by atoms with E-state index in [4.69, 9.17) is 9.47 Å². The zero-order valence-corrected chi connectivity index (χ0v) is 12.4. The maximum Gasteiger partial charge on any atom is 0.338 e. The normalized spacial score (nSPS) is 11.5. The van der Waals surface area contributed by atoms with E-state index in [2.05, 4.69) is 0 Å². The Morgan fingerprint density at radius 2 is 1.55 bits per heavy atom. The molecule has 0 aliphatic carbocycles. The van der Waals surface area contributed by atoms with E-state index in [1.54, 1.807) is 48.5 Å². The van der Waals surface area contributed by atoms with Crippen molar-refractivity contribution < 1.29 is 19.1 Å². The average Bonchev–Trinajstić information content (AvgIpc) is 2.55. The van der Waals surface area contributed by atoms with Crippen LogP contribution < -0.4 is 4.74 Å². The molecule has 0 fully saturated rings. The topological polar surface area (TPSA) is 52.6 Å². The van der Waals surface area contributed by atoms with Crippen molar-refractivity contribution in [3.8, 4) is 5.75 Å². The van der Waals surface area contributed by atoms with Crippen LogP contribution in [0.3, 0.4) is 0 Å². The molecule has 0 heterocycles. The molecule has 4 nitrogen and oxygen atoms in total. The lowest BCUT2D eigenvalue weighted by Crippen LogP contribution is -2.23. The molecule has 0 bridgehead atoms. The van der Waals surface area contributed by atoms with Crippen molar-refractivity contribution in [2.45, 2.75) is 25.9 Å². The maximum atomic E-state index is 12.0. The first-order valence-corrected chi connectivity index (χ1v) is 7.20. The first-order valence-electron chi connectivity index (χ1n) is 7.20. The monoisotopic (exact) mass is 298 g/mol. The lowest BCUT2D eigenvalue weighted by molar-refractivity contribution is -0.136. The standard InChI is InChI=1S/C18H18O4/c1-2-15(22-18(20)14-9-5-3-6-10-14)13-17(19)21-16-11-7-4-8-12-16/h3-12,15H,2,13H2,1H3. The number of benzene rings is 2. The molecule has 0 N–H and O–H groups in total. The molecule has 0 saturated heterocycles. The fraction of sp³-hybridized carbons (Fsp3) is 0.222. The quantitative estimate of drug-likeness (QED) is 0.604. The third-order valence-electron chi connectivity index (χ3n) is 3.11. The van der Waals surface area contributed by atoms with Gasteiger partial charge in [-0.3, -0.25) is 4.79 Å². The van der Waals surface area contributed by atoms with E-state index in [9.17, 15) is 9.59 Å². The minimum absolute atomic E-state index is 0.0317. The van der Waals surface area contributed by atoms with Crippen LogP contribution in [0.4, 0.5) is 0 Å². The number of rotatable bonds is 6. The van der Waals surface area contributed by atoms with Gasteiger partial charge in [0.05, 0.1) is 12.0 Å². The summed E-state index contributed by atoms with van der Waals surface area (Å²) in [7, 11) is 0. The Morgan fingerprint density at radius 3 is 2.14 bits per heavy atom. The van der Waals surface area contributed by atoms with Gasteiger partial charge in [-0.25, -0.2) is 4.79 Å². The van der Waals surface area contributed by atoms with Crippen molar-refractivity contribution in [1.29, 1.82) is 0 Å². The number of esters is 2. The Morgan fingerprint density at radius 1 is 0.955 bits per heavy atom. The molecule has 0 aromatic heterocycles. The highest BCUT2D eigenvalue weighted by molar-refractivity contribution is 5.89. The van der Waals surface area contributed by atoms with Crippen LogP contribution in [0.25, 0.3) is 0 Å². The minimum Gasteiger partial charge on any atom is -0.458 e. The van der Waals surface area contributed by atoms with Gasteiger partial charge in [-0.2, -0.15) is 0 Å². The minimum atomic E-state index is -0.496. The number of carbonyl (C=O) groups is 2. The van der Waals surface area contributed by atoms with Gasteiger partial charge in [0.25, 0.3) is 0 Å². The molecule has 4 heteroatoms. The molecule has 0 amide bonds. The Kier molecular flexibility index (Phi) is 5.72. The van der Waals surface area contributed by atoms with Crippen LogP contribution in [0.1, 0.15) is 30.1 Å². The first-order chi connectivity index (χ1) is 10.7. The molecule has 0 aliphatic rings. The van der Waals surface area contributed by atoms with Crippen molar-refractivity contribution in [3.05, 3.63) is 66.2 Å². The van der Waals surface area contributed by atoms with Crippen LogP contribution in [0.5, 0.6) is 5.75 Å². The summed E-state index contributed by atoms with van der Waals surface area (Å²) < 4.78 is 10.6. The highest BCUT2D eigenvalue weighted by Gasteiger charge is 2.19. The Bertz CT molecular complexity index is 607. The van der Waals surface area contributed by atoms with Crippen molar-refractivity contribution >= 4 is 11.9 Å². The first kappa shape index (κ1) is 15.8. The lowest BCUT2D eigenvalue weighted by Gasteiger charge is -2.15. The van der Waals surface area contributed by atoms with Gasteiger partial charge in [-0.05, 0) is 30.7 Å². The van der Waals surface area contributed by atoms with Gasteiger partial charge in [0.1, 0.15) is 11.9 Å².